The summed E-state index contributed by atoms with van der Waals surface area (Å²) in [5.41, 5.74) is 1.00. The van der Waals surface area contributed by atoms with Gasteiger partial charge in [-0.1, -0.05) is 40.2 Å². The van der Waals surface area contributed by atoms with Crippen molar-refractivity contribution in [1.82, 2.24) is 4.98 Å². The monoisotopic (exact) mass is 369 g/mol. The number of pyridine rings is 1. The number of hydrogen-bond donors (Lipinski definition) is 1. The van der Waals surface area contributed by atoms with Crippen molar-refractivity contribution in [2.75, 3.05) is 5.32 Å². The number of aromatic carboxylic acids is 1. The number of halogens is 1. The van der Waals surface area contributed by atoms with E-state index >= 15 is 0 Å². The molecule has 0 radical (unpaired) electrons. The molecule has 0 unspecified atom stereocenters. The molecule has 0 fully saturated rings. The van der Waals surface area contributed by atoms with E-state index in [-0.39, 0.29) is 11.1 Å². The van der Waals surface area contributed by atoms with Crippen LogP contribution in [0.5, 0.6) is 0 Å². The third-order valence-electron chi connectivity index (χ3n) is 3.36. The number of benzene rings is 2. The molecule has 0 aliphatic heterocycles. The highest BCUT2D eigenvalue weighted by Crippen LogP contribution is 2.28. The smallest absolute Gasteiger partial charge is 0.256 e. The number of hydrogen-bond acceptors (Lipinski definition) is 4. The van der Waals surface area contributed by atoms with Gasteiger partial charge in [-0.15, -0.1) is 0 Å². The summed E-state index contributed by atoms with van der Waals surface area (Å²) in [4.78, 5) is 27.8. The summed E-state index contributed by atoms with van der Waals surface area (Å²) in [5, 5.41) is 14.7. The second-order valence-electron chi connectivity index (χ2n) is 4.78. The van der Waals surface area contributed by atoms with Gasteiger partial charge in [0.15, 0.2) is 0 Å². The quantitative estimate of drug-likeness (QED) is 0.769. The molecule has 1 aromatic heterocycles. The van der Waals surface area contributed by atoms with Crippen molar-refractivity contribution in [3.8, 4) is 0 Å². The molecule has 1 heterocycles. The van der Waals surface area contributed by atoms with Crippen molar-refractivity contribution >= 4 is 44.4 Å². The Hall–Kier alpha value is -2.73. The van der Waals surface area contributed by atoms with E-state index in [4.69, 9.17) is 0 Å². The SMILES string of the molecule is O=C([O-])c1ccccc1C(=O)Nc1ccc(Br)c2cccnc12. The second kappa shape index (κ2) is 6.18. The van der Waals surface area contributed by atoms with E-state index in [0.717, 1.165) is 9.86 Å². The number of carboxylic acids is 1. The average molecular weight is 370 g/mol. The van der Waals surface area contributed by atoms with E-state index in [2.05, 4.69) is 26.2 Å². The van der Waals surface area contributed by atoms with Gasteiger partial charge in [0.2, 0.25) is 0 Å². The zero-order valence-electron chi connectivity index (χ0n) is 11.7. The Balaban J connectivity index is 2.02. The zero-order valence-corrected chi connectivity index (χ0v) is 13.3. The summed E-state index contributed by atoms with van der Waals surface area (Å²) in [6.07, 6.45) is 1.62. The highest BCUT2D eigenvalue weighted by atomic mass is 79.9. The predicted molar refractivity (Wildman–Crippen MR) is 88.2 cm³/mol. The van der Waals surface area contributed by atoms with Crippen LogP contribution >= 0.6 is 15.9 Å². The van der Waals surface area contributed by atoms with Gasteiger partial charge in [0.05, 0.1) is 17.2 Å². The van der Waals surface area contributed by atoms with Gasteiger partial charge in [-0.25, -0.2) is 0 Å². The number of carboxylic acid groups (broad SMARTS) is 1. The molecule has 23 heavy (non-hydrogen) atoms. The molecule has 5 nitrogen and oxygen atoms in total. The third-order valence-corrected chi connectivity index (χ3v) is 4.05. The first-order valence-corrected chi connectivity index (χ1v) is 7.52. The summed E-state index contributed by atoms with van der Waals surface area (Å²) in [6.45, 7) is 0. The highest BCUT2D eigenvalue weighted by Gasteiger charge is 2.14. The molecule has 0 spiro atoms. The number of aromatic nitrogens is 1. The fraction of sp³-hybridized carbons (Fsp3) is 0. The van der Waals surface area contributed by atoms with E-state index in [1.54, 1.807) is 36.5 Å². The van der Waals surface area contributed by atoms with Crippen LogP contribution in [0.2, 0.25) is 0 Å². The molecule has 3 aromatic rings. The minimum atomic E-state index is -1.39. The second-order valence-corrected chi connectivity index (χ2v) is 5.64. The molecule has 3 rings (SSSR count). The summed E-state index contributed by atoms with van der Waals surface area (Å²) >= 11 is 3.43. The molecule has 0 saturated heterocycles. The lowest BCUT2D eigenvalue weighted by Gasteiger charge is -2.12. The summed E-state index contributed by atoms with van der Waals surface area (Å²) in [6, 6.07) is 13.1. The molecule has 0 aliphatic carbocycles. The number of nitrogens with zero attached hydrogens (tertiary/aromatic N) is 1. The van der Waals surface area contributed by atoms with Gasteiger partial charge >= 0.3 is 0 Å². The van der Waals surface area contributed by atoms with Crippen molar-refractivity contribution in [3.63, 3.8) is 0 Å². The van der Waals surface area contributed by atoms with E-state index in [1.165, 1.54) is 12.1 Å². The Morgan fingerprint density at radius 2 is 1.74 bits per heavy atom. The van der Waals surface area contributed by atoms with Crippen LogP contribution in [0.25, 0.3) is 10.9 Å². The minimum Gasteiger partial charge on any atom is -0.545 e. The topological polar surface area (TPSA) is 82.1 Å². The molecule has 0 aliphatic rings. The molecule has 0 saturated carbocycles. The van der Waals surface area contributed by atoms with Crippen molar-refractivity contribution in [1.29, 1.82) is 0 Å². The van der Waals surface area contributed by atoms with Crippen molar-refractivity contribution in [3.05, 3.63) is 70.3 Å². The normalized spacial score (nSPS) is 10.5. The Kier molecular flexibility index (Phi) is 4.08. The van der Waals surface area contributed by atoms with Crippen molar-refractivity contribution in [2.24, 2.45) is 0 Å². The maximum Gasteiger partial charge on any atom is 0.256 e. The van der Waals surface area contributed by atoms with E-state index < -0.39 is 11.9 Å². The number of anilines is 1. The lowest BCUT2D eigenvalue weighted by molar-refractivity contribution is -0.255. The molecule has 1 N–H and O–H groups in total. The van der Waals surface area contributed by atoms with Crippen LogP contribution in [-0.4, -0.2) is 16.9 Å². The third kappa shape index (κ3) is 2.93. The molecular weight excluding hydrogens is 360 g/mol. The summed E-state index contributed by atoms with van der Waals surface area (Å²) in [5.74, 6) is -1.92. The standard InChI is InChI=1S/C17H11BrN2O3/c18-13-7-8-14(15-12(13)6-3-9-19-15)20-16(21)10-4-1-2-5-11(10)17(22)23/h1-9H,(H,20,21)(H,22,23)/p-1. The lowest BCUT2D eigenvalue weighted by Crippen LogP contribution is -2.26. The molecular formula is C17H10BrN2O3-. The van der Waals surface area contributed by atoms with Gasteiger partial charge in [-0.2, -0.15) is 0 Å². The van der Waals surface area contributed by atoms with Gasteiger partial charge in [0, 0.05) is 27.2 Å². The van der Waals surface area contributed by atoms with Crippen LogP contribution in [0, 0.1) is 0 Å². The van der Waals surface area contributed by atoms with Crippen molar-refractivity contribution < 1.29 is 14.7 Å². The summed E-state index contributed by atoms with van der Waals surface area (Å²) < 4.78 is 0.855. The van der Waals surface area contributed by atoms with Crippen LogP contribution in [-0.2, 0) is 0 Å². The maximum absolute atomic E-state index is 12.4. The van der Waals surface area contributed by atoms with Crippen LogP contribution < -0.4 is 10.4 Å². The van der Waals surface area contributed by atoms with Gasteiger partial charge in [-0.05, 0) is 24.3 Å². The van der Waals surface area contributed by atoms with Crippen LogP contribution in [0.15, 0.2) is 59.2 Å². The molecule has 6 heteroatoms. The van der Waals surface area contributed by atoms with E-state index in [0.29, 0.717) is 11.2 Å². The van der Waals surface area contributed by atoms with Gasteiger partial charge < -0.3 is 15.2 Å². The number of fused-ring (bicyclic) bond motifs is 1. The molecule has 1 amide bonds. The zero-order chi connectivity index (χ0) is 16.4. The van der Waals surface area contributed by atoms with Gasteiger partial charge in [0.25, 0.3) is 5.91 Å². The summed E-state index contributed by atoms with van der Waals surface area (Å²) in [7, 11) is 0. The number of carbonyl (C=O) groups excluding carboxylic acids is 2. The first-order chi connectivity index (χ1) is 11.1. The largest absolute Gasteiger partial charge is 0.545 e. The Morgan fingerprint density at radius 1 is 1.00 bits per heavy atom. The number of carbonyl (C=O) groups is 2. The van der Waals surface area contributed by atoms with Crippen LogP contribution in [0.1, 0.15) is 20.7 Å². The molecule has 2 aromatic carbocycles. The van der Waals surface area contributed by atoms with E-state index in [1.807, 2.05) is 6.07 Å². The fourth-order valence-corrected chi connectivity index (χ4v) is 2.74. The first-order valence-electron chi connectivity index (χ1n) is 6.73. The predicted octanol–water partition coefficient (Wildman–Crippen LogP) is 2.61. The first kappa shape index (κ1) is 15.2. The fourth-order valence-electron chi connectivity index (χ4n) is 2.29. The maximum atomic E-state index is 12.4. The van der Waals surface area contributed by atoms with Gasteiger partial charge in [-0.3, -0.25) is 9.78 Å². The Labute approximate surface area is 140 Å². The Bertz CT molecular complexity index is 925. The lowest BCUT2D eigenvalue weighted by atomic mass is 10.1. The number of nitrogens with one attached hydrogen (secondary N) is 1. The number of amides is 1. The molecule has 0 bridgehead atoms. The Morgan fingerprint density at radius 3 is 2.48 bits per heavy atom. The number of rotatable bonds is 3. The van der Waals surface area contributed by atoms with Crippen molar-refractivity contribution in [2.45, 2.75) is 0 Å². The van der Waals surface area contributed by atoms with Crippen LogP contribution in [0.3, 0.4) is 0 Å². The molecule has 114 valence electrons. The molecule has 0 atom stereocenters. The van der Waals surface area contributed by atoms with Gasteiger partial charge in [0.1, 0.15) is 0 Å². The van der Waals surface area contributed by atoms with E-state index in [9.17, 15) is 14.7 Å². The minimum absolute atomic E-state index is 0.0412. The highest BCUT2D eigenvalue weighted by molar-refractivity contribution is 9.10. The average Bonchev–Trinajstić information content (AvgIpc) is 2.57. The van der Waals surface area contributed by atoms with Crippen LogP contribution in [0.4, 0.5) is 5.69 Å².